The predicted molar refractivity (Wildman–Crippen MR) is 54.3 cm³/mol. The van der Waals surface area contributed by atoms with Crippen LogP contribution in [0.1, 0.15) is 24.2 Å². The van der Waals surface area contributed by atoms with Gasteiger partial charge in [0.05, 0.1) is 12.7 Å². The van der Waals surface area contributed by atoms with Crippen molar-refractivity contribution in [3.8, 4) is 5.75 Å². The summed E-state index contributed by atoms with van der Waals surface area (Å²) >= 11 is 0. The Labute approximate surface area is 83.5 Å². The first-order valence-electron chi connectivity index (χ1n) is 4.91. The monoisotopic (exact) mass is 193 g/mol. The normalized spacial score (nSPS) is 24.8. The Morgan fingerprint density at radius 2 is 2.36 bits per heavy atom. The Hall–Kier alpha value is -1.06. The lowest BCUT2D eigenvalue weighted by Gasteiger charge is -2.09. The second-order valence-corrected chi connectivity index (χ2v) is 3.61. The Kier molecular flexibility index (Phi) is 2.44. The van der Waals surface area contributed by atoms with E-state index in [0.717, 1.165) is 23.3 Å². The molecule has 0 fully saturated rings. The van der Waals surface area contributed by atoms with Crippen LogP contribution < -0.4 is 10.5 Å². The molecule has 3 N–H and O–H groups in total. The molecule has 0 saturated heterocycles. The molecule has 2 rings (SSSR count). The van der Waals surface area contributed by atoms with Gasteiger partial charge in [-0.15, -0.1) is 0 Å². The third-order valence-corrected chi connectivity index (χ3v) is 2.61. The van der Waals surface area contributed by atoms with E-state index in [0.29, 0.717) is 6.61 Å². The molecule has 0 saturated carbocycles. The standard InChI is InChI=1S/C11H15NO2/c1-2-14-8-4-3-7-5-10(12)11(13)9(7)6-8/h3-4,6,10-11,13H,2,5,12H2,1H3/t10-,11?/m0/s1. The maximum atomic E-state index is 9.76. The van der Waals surface area contributed by atoms with Gasteiger partial charge >= 0.3 is 0 Å². The van der Waals surface area contributed by atoms with E-state index in [1.54, 1.807) is 0 Å². The van der Waals surface area contributed by atoms with Gasteiger partial charge in [0.1, 0.15) is 5.75 Å². The number of ether oxygens (including phenoxy) is 1. The summed E-state index contributed by atoms with van der Waals surface area (Å²) in [5.74, 6) is 0.805. The molecule has 14 heavy (non-hydrogen) atoms. The molecule has 0 aromatic heterocycles. The molecule has 0 radical (unpaired) electrons. The summed E-state index contributed by atoms with van der Waals surface area (Å²) in [5.41, 5.74) is 7.81. The first kappa shape index (κ1) is 9.49. The van der Waals surface area contributed by atoms with Crippen molar-refractivity contribution < 1.29 is 9.84 Å². The highest BCUT2D eigenvalue weighted by atomic mass is 16.5. The summed E-state index contributed by atoms with van der Waals surface area (Å²) < 4.78 is 5.36. The van der Waals surface area contributed by atoms with E-state index in [-0.39, 0.29) is 6.04 Å². The number of aliphatic hydroxyl groups excluding tert-OH is 1. The van der Waals surface area contributed by atoms with Gasteiger partial charge in [0.2, 0.25) is 0 Å². The van der Waals surface area contributed by atoms with Crippen LogP contribution in [0.5, 0.6) is 5.75 Å². The molecule has 0 amide bonds. The Morgan fingerprint density at radius 1 is 1.57 bits per heavy atom. The molecule has 76 valence electrons. The molecule has 0 heterocycles. The van der Waals surface area contributed by atoms with Crippen LogP contribution in [0, 0.1) is 0 Å². The lowest BCUT2D eigenvalue weighted by Crippen LogP contribution is -2.24. The van der Waals surface area contributed by atoms with Crippen molar-refractivity contribution in [2.24, 2.45) is 5.73 Å². The Balaban J connectivity index is 2.31. The topological polar surface area (TPSA) is 55.5 Å². The number of nitrogens with two attached hydrogens (primary N) is 1. The molecule has 1 aromatic carbocycles. The highest BCUT2D eigenvalue weighted by molar-refractivity contribution is 5.41. The molecule has 1 unspecified atom stereocenters. The van der Waals surface area contributed by atoms with Gasteiger partial charge in [-0.3, -0.25) is 0 Å². The third kappa shape index (κ3) is 1.49. The average Bonchev–Trinajstić information content (AvgIpc) is 2.45. The fraction of sp³-hybridized carbons (Fsp3) is 0.455. The van der Waals surface area contributed by atoms with Gasteiger partial charge < -0.3 is 15.6 Å². The summed E-state index contributed by atoms with van der Waals surface area (Å²) in [6, 6.07) is 5.63. The van der Waals surface area contributed by atoms with Crippen LogP contribution >= 0.6 is 0 Å². The van der Waals surface area contributed by atoms with Crippen LogP contribution in [-0.4, -0.2) is 17.8 Å². The van der Waals surface area contributed by atoms with Crippen molar-refractivity contribution in [3.63, 3.8) is 0 Å². The van der Waals surface area contributed by atoms with Crippen LogP contribution in [0.3, 0.4) is 0 Å². The minimum absolute atomic E-state index is 0.165. The average molecular weight is 193 g/mol. The molecular weight excluding hydrogens is 178 g/mol. The van der Waals surface area contributed by atoms with Gasteiger partial charge in [-0.25, -0.2) is 0 Å². The van der Waals surface area contributed by atoms with Crippen molar-refractivity contribution in [2.75, 3.05) is 6.61 Å². The molecule has 1 aliphatic carbocycles. The first-order chi connectivity index (χ1) is 6.72. The van der Waals surface area contributed by atoms with E-state index in [1.165, 1.54) is 0 Å². The summed E-state index contributed by atoms with van der Waals surface area (Å²) in [7, 11) is 0. The minimum atomic E-state index is -0.537. The molecule has 1 aromatic rings. The van der Waals surface area contributed by atoms with Crippen LogP contribution in [0.25, 0.3) is 0 Å². The van der Waals surface area contributed by atoms with E-state index in [4.69, 9.17) is 10.5 Å². The van der Waals surface area contributed by atoms with Gasteiger partial charge in [0.15, 0.2) is 0 Å². The fourth-order valence-electron chi connectivity index (χ4n) is 1.89. The van der Waals surface area contributed by atoms with Gasteiger partial charge in [0.25, 0.3) is 0 Å². The number of hydrogen-bond acceptors (Lipinski definition) is 3. The van der Waals surface area contributed by atoms with Crippen molar-refractivity contribution in [1.82, 2.24) is 0 Å². The zero-order chi connectivity index (χ0) is 10.1. The quantitative estimate of drug-likeness (QED) is 0.736. The number of rotatable bonds is 2. The van der Waals surface area contributed by atoms with E-state index in [2.05, 4.69) is 0 Å². The molecule has 3 nitrogen and oxygen atoms in total. The largest absolute Gasteiger partial charge is 0.494 e. The molecule has 1 aliphatic rings. The summed E-state index contributed by atoms with van der Waals surface area (Å²) in [6.45, 7) is 2.58. The highest BCUT2D eigenvalue weighted by Crippen LogP contribution is 2.32. The Bertz CT molecular complexity index is 338. The SMILES string of the molecule is CCOc1ccc2c(c1)C(O)[C@@H](N)C2. The van der Waals surface area contributed by atoms with Gasteiger partial charge in [-0.2, -0.15) is 0 Å². The van der Waals surface area contributed by atoms with E-state index in [9.17, 15) is 5.11 Å². The van der Waals surface area contributed by atoms with Gasteiger partial charge in [-0.05, 0) is 36.6 Å². The maximum Gasteiger partial charge on any atom is 0.119 e. The lowest BCUT2D eigenvalue weighted by molar-refractivity contribution is 0.159. The first-order valence-corrected chi connectivity index (χ1v) is 4.91. The van der Waals surface area contributed by atoms with Gasteiger partial charge in [0, 0.05) is 6.04 Å². The molecule has 0 bridgehead atoms. The van der Waals surface area contributed by atoms with E-state index < -0.39 is 6.10 Å². The lowest BCUT2D eigenvalue weighted by atomic mass is 10.1. The zero-order valence-corrected chi connectivity index (χ0v) is 8.23. The number of benzene rings is 1. The summed E-state index contributed by atoms with van der Waals surface area (Å²) in [5, 5.41) is 9.76. The van der Waals surface area contributed by atoms with Crippen molar-refractivity contribution >= 4 is 0 Å². The second-order valence-electron chi connectivity index (χ2n) is 3.61. The van der Waals surface area contributed by atoms with Crippen molar-refractivity contribution in [2.45, 2.75) is 25.5 Å². The van der Waals surface area contributed by atoms with Gasteiger partial charge in [-0.1, -0.05) is 6.07 Å². The van der Waals surface area contributed by atoms with E-state index in [1.807, 2.05) is 25.1 Å². The molecule has 2 atom stereocenters. The van der Waals surface area contributed by atoms with Crippen LogP contribution in [0.4, 0.5) is 0 Å². The van der Waals surface area contributed by atoms with Crippen LogP contribution in [0.15, 0.2) is 18.2 Å². The van der Waals surface area contributed by atoms with Crippen molar-refractivity contribution in [1.29, 1.82) is 0 Å². The summed E-state index contributed by atoms with van der Waals surface area (Å²) in [6.07, 6.45) is 0.216. The molecule has 0 aliphatic heterocycles. The van der Waals surface area contributed by atoms with Crippen LogP contribution in [0.2, 0.25) is 0 Å². The number of hydrogen-bond donors (Lipinski definition) is 2. The zero-order valence-electron chi connectivity index (χ0n) is 8.23. The predicted octanol–water partition coefficient (Wildman–Crippen LogP) is 1.00. The smallest absolute Gasteiger partial charge is 0.119 e. The van der Waals surface area contributed by atoms with E-state index >= 15 is 0 Å². The number of aliphatic hydroxyl groups is 1. The second kappa shape index (κ2) is 3.59. The summed E-state index contributed by atoms with van der Waals surface area (Å²) in [4.78, 5) is 0. The molecule has 0 spiro atoms. The highest BCUT2D eigenvalue weighted by Gasteiger charge is 2.28. The Morgan fingerprint density at radius 3 is 3.07 bits per heavy atom. The molecule has 3 heteroatoms. The third-order valence-electron chi connectivity index (χ3n) is 2.61. The fourth-order valence-corrected chi connectivity index (χ4v) is 1.89. The van der Waals surface area contributed by atoms with Crippen molar-refractivity contribution in [3.05, 3.63) is 29.3 Å². The molecular formula is C11H15NO2. The van der Waals surface area contributed by atoms with Crippen LogP contribution in [-0.2, 0) is 6.42 Å². The minimum Gasteiger partial charge on any atom is -0.494 e. The number of fused-ring (bicyclic) bond motifs is 1. The maximum absolute atomic E-state index is 9.76.